The Kier molecular flexibility index (Phi) is 4.76. The van der Waals surface area contributed by atoms with Gasteiger partial charge < -0.3 is 5.32 Å². The first kappa shape index (κ1) is 20.3. The highest BCUT2D eigenvalue weighted by molar-refractivity contribution is 5.46. The van der Waals surface area contributed by atoms with Crippen molar-refractivity contribution < 1.29 is 22.0 Å². The molecule has 4 rings (SSSR count). The fourth-order valence-corrected chi connectivity index (χ4v) is 5.07. The van der Waals surface area contributed by atoms with Gasteiger partial charge in [-0.15, -0.1) is 0 Å². The van der Waals surface area contributed by atoms with E-state index in [1.54, 1.807) is 19.1 Å². The molecular weight excluding hydrogens is 385 g/mol. The van der Waals surface area contributed by atoms with Crippen molar-refractivity contribution in [2.75, 3.05) is 6.54 Å². The molecule has 3 unspecified atom stereocenters. The molecular formula is C23H24F5N. The first-order chi connectivity index (χ1) is 13.5. The number of alkyl halides is 4. The van der Waals surface area contributed by atoms with Crippen molar-refractivity contribution in [1.29, 1.82) is 0 Å². The van der Waals surface area contributed by atoms with E-state index in [9.17, 15) is 22.0 Å². The van der Waals surface area contributed by atoms with E-state index in [0.29, 0.717) is 25.3 Å². The van der Waals surface area contributed by atoms with E-state index < -0.39 is 11.8 Å². The highest BCUT2D eigenvalue weighted by Gasteiger charge is 2.54. The summed E-state index contributed by atoms with van der Waals surface area (Å²) in [6.07, 6.45) is -2.06. The predicted octanol–water partition coefficient (Wildman–Crippen LogP) is 5.67. The molecule has 1 nitrogen and oxygen atoms in total. The molecule has 0 saturated carbocycles. The molecule has 0 spiro atoms. The number of aryl methyl sites for hydroxylation is 2. The molecule has 2 aliphatic rings. The fourth-order valence-electron chi connectivity index (χ4n) is 5.07. The number of hydrogen-bond acceptors (Lipinski definition) is 1. The van der Waals surface area contributed by atoms with Gasteiger partial charge in [-0.1, -0.05) is 30.3 Å². The average molecular weight is 409 g/mol. The summed E-state index contributed by atoms with van der Waals surface area (Å²) in [5.74, 6) is -0.254. The molecule has 2 aromatic carbocycles. The Labute approximate surface area is 167 Å². The van der Waals surface area contributed by atoms with Crippen molar-refractivity contribution in [2.24, 2.45) is 0 Å². The summed E-state index contributed by atoms with van der Waals surface area (Å²) in [7, 11) is 0. The average Bonchev–Trinajstić information content (AvgIpc) is 3.07. The Morgan fingerprint density at radius 2 is 1.86 bits per heavy atom. The van der Waals surface area contributed by atoms with Crippen molar-refractivity contribution in [1.82, 2.24) is 5.32 Å². The lowest BCUT2D eigenvalue weighted by Gasteiger charge is -2.42. The molecule has 1 saturated heterocycles. The molecule has 2 aromatic rings. The number of hydrogen-bond donors (Lipinski definition) is 1. The molecule has 1 aliphatic carbocycles. The maximum atomic E-state index is 14.5. The van der Waals surface area contributed by atoms with Gasteiger partial charge >= 0.3 is 6.18 Å². The van der Waals surface area contributed by atoms with Gasteiger partial charge in [0.05, 0.1) is 0 Å². The third-order valence-corrected chi connectivity index (χ3v) is 6.79. The van der Waals surface area contributed by atoms with E-state index >= 15 is 0 Å². The monoisotopic (exact) mass is 409 g/mol. The third kappa shape index (κ3) is 3.25. The molecule has 0 aromatic heterocycles. The second-order valence-corrected chi connectivity index (χ2v) is 8.58. The predicted molar refractivity (Wildman–Crippen MR) is 102 cm³/mol. The van der Waals surface area contributed by atoms with Crippen LogP contribution in [0.3, 0.4) is 0 Å². The topological polar surface area (TPSA) is 12.0 Å². The standard InChI is InChI=1S/C23H24F5N/c1-14-11-15(3-7-19(14)24)13-22-9-10-29-20(22)8-4-16-12-17(5-6-18(16)22)21(2,25)23(26,27)28/h3,5-7,11-12,20,29H,4,8-10,13H2,1-2H3. The molecule has 29 heavy (non-hydrogen) atoms. The minimum absolute atomic E-state index is 0.200. The van der Waals surface area contributed by atoms with E-state index in [2.05, 4.69) is 5.32 Å². The van der Waals surface area contributed by atoms with Crippen LogP contribution in [0, 0.1) is 12.7 Å². The molecule has 156 valence electrons. The summed E-state index contributed by atoms with van der Waals surface area (Å²) >= 11 is 0. The number of rotatable bonds is 3. The zero-order valence-corrected chi connectivity index (χ0v) is 16.5. The van der Waals surface area contributed by atoms with Crippen molar-refractivity contribution in [3.63, 3.8) is 0 Å². The van der Waals surface area contributed by atoms with E-state index in [1.165, 1.54) is 18.2 Å². The van der Waals surface area contributed by atoms with Gasteiger partial charge in [-0.05, 0) is 80.0 Å². The second kappa shape index (κ2) is 6.79. The molecule has 1 fully saturated rings. The van der Waals surface area contributed by atoms with Gasteiger partial charge in [0.2, 0.25) is 5.67 Å². The molecule has 0 bridgehead atoms. The summed E-state index contributed by atoms with van der Waals surface area (Å²) in [5, 5.41) is 3.53. The highest BCUT2D eigenvalue weighted by Crippen LogP contribution is 2.48. The quantitative estimate of drug-likeness (QED) is 0.644. The Hall–Kier alpha value is -1.95. The molecule has 0 amide bonds. The van der Waals surface area contributed by atoms with Crippen LogP contribution in [0.2, 0.25) is 0 Å². The lowest BCUT2D eigenvalue weighted by atomic mass is 9.63. The van der Waals surface area contributed by atoms with Crippen LogP contribution in [-0.4, -0.2) is 18.8 Å². The maximum absolute atomic E-state index is 14.5. The Morgan fingerprint density at radius 1 is 1.10 bits per heavy atom. The van der Waals surface area contributed by atoms with Gasteiger partial charge in [0, 0.05) is 11.5 Å². The Bertz CT molecular complexity index is 933. The van der Waals surface area contributed by atoms with Crippen LogP contribution in [-0.2, 0) is 23.9 Å². The third-order valence-electron chi connectivity index (χ3n) is 6.79. The lowest BCUT2D eigenvalue weighted by Crippen LogP contribution is -2.46. The van der Waals surface area contributed by atoms with Crippen LogP contribution in [0.1, 0.15) is 47.6 Å². The van der Waals surface area contributed by atoms with Crippen LogP contribution in [0.25, 0.3) is 0 Å². The van der Waals surface area contributed by atoms with Crippen LogP contribution in [0.5, 0.6) is 0 Å². The van der Waals surface area contributed by atoms with Gasteiger partial charge in [0.1, 0.15) is 5.82 Å². The van der Waals surface area contributed by atoms with Crippen LogP contribution < -0.4 is 5.32 Å². The summed E-state index contributed by atoms with van der Waals surface area (Å²) in [6, 6.07) is 9.64. The van der Waals surface area contributed by atoms with Gasteiger partial charge in [-0.25, -0.2) is 8.78 Å². The van der Waals surface area contributed by atoms with Crippen molar-refractivity contribution in [3.8, 4) is 0 Å². The van der Waals surface area contributed by atoms with Crippen LogP contribution >= 0.6 is 0 Å². The Morgan fingerprint density at radius 3 is 2.55 bits per heavy atom. The van der Waals surface area contributed by atoms with E-state index in [4.69, 9.17) is 0 Å². The van der Waals surface area contributed by atoms with E-state index in [1.807, 2.05) is 6.07 Å². The normalized spacial score (nSPS) is 26.0. The van der Waals surface area contributed by atoms with Crippen molar-refractivity contribution >= 4 is 0 Å². The van der Waals surface area contributed by atoms with Crippen LogP contribution in [0.15, 0.2) is 36.4 Å². The summed E-state index contributed by atoms with van der Waals surface area (Å²) in [4.78, 5) is 0. The molecule has 1 N–H and O–H groups in total. The van der Waals surface area contributed by atoms with Gasteiger partial charge in [0.25, 0.3) is 0 Å². The summed E-state index contributed by atoms with van der Waals surface area (Å²) < 4.78 is 67.8. The molecule has 3 atom stereocenters. The van der Waals surface area contributed by atoms with E-state index in [0.717, 1.165) is 36.1 Å². The van der Waals surface area contributed by atoms with Gasteiger partial charge in [0.15, 0.2) is 0 Å². The summed E-state index contributed by atoms with van der Waals surface area (Å²) in [6.45, 7) is 3.12. The molecule has 1 aliphatic heterocycles. The molecule has 6 heteroatoms. The second-order valence-electron chi connectivity index (χ2n) is 8.58. The van der Waals surface area contributed by atoms with Crippen molar-refractivity contribution in [3.05, 3.63) is 70.0 Å². The van der Waals surface area contributed by atoms with E-state index in [-0.39, 0.29) is 22.8 Å². The van der Waals surface area contributed by atoms with Crippen molar-refractivity contribution in [2.45, 2.75) is 62.8 Å². The summed E-state index contributed by atoms with van der Waals surface area (Å²) in [5.41, 5.74) is -0.654. The Balaban J connectivity index is 1.77. The number of fused-ring (bicyclic) bond motifs is 3. The zero-order valence-electron chi connectivity index (χ0n) is 16.5. The fraction of sp³-hybridized carbons (Fsp3) is 0.478. The molecule has 0 radical (unpaired) electrons. The number of nitrogens with one attached hydrogen (secondary N) is 1. The zero-order chi connectivity index (χ0) is 21.0. The number of halogens is 5. The lowest BCUT2D eigenvalue weighted by molar-refractivity contribution is -0.228. The first-order valence-corrected chi connectivity index (χ1v) is 9.92. The SMILES string of the molecule is Cc1cc(CC23CCNC2CCc2cc(C(C)(F)C(F)(F)F)ccc23)ccc1F. The molecule has 1 heterocycles. The minimum atomic E-state index is -4.96. The van der Waals surface area contributed by atoms with Crippen LogP contribution in [0.4, 0.5) is 22.0 Å². The van der Waals surface area contributed by atoms with Gasteiger partial charge in [-0.3, -0.25) is 0 Å². The van der Waals surface area contributed by atoms with Gasteiger partial charge in [-0.2, -0.15) is 13.2 Å². The minimum Gasteiger partial charge on any atom is -0.313 e. The maximum Gasteiger partial charge on any atom is 0.426 e. The highest BCUT2D eigenvalue weighted by atomic mass is 19.4. The number of benzene rings is 2. The largest absolute Gasteiger partial charge is 0.426 e. The smallest absolute Gasteiger partial charge is 0.313 e. The first-order valence-electron chi connectivity index (χ1n) is 9.92.